The van der Waals surface area contributed by atoms with Gasteiger partial charge >= 0.3 is 5.97 Å². The monoisotopic (exact) mass is 375 g/mol. The molecule has 4 nitrogen and oxygen atoms in total. The molecule has 3 rings (SSSR count). The maximum absolute atomic E-state index is 13.6. The van der Waals surface area contributed by atoms with Gasteiger partial charge in [-0.3, -0.25) is 4.79 Å². The first-order valence-electron chi connectivity index (χ1n) is 7.77. The van der Waals surface area contributed by atoms with Crippen LogP contribution in [0.3, 0.4) is 0 Å². The summed E-state index contributed by atoms with van der Waals surface area (Å²) in [5, 5.41) is 0.602. The molecule has 0 unspecified atom stereocenters. The second kappa shape index (κ2) is 7.61. The van der Waals surface area contributed by atoms with Gasteiger partial charge in [-0.2, -0.15) is 0 Å². The number of esters is 1. The minimum atomic E-state index is -0.653. The van der Waals surface area contributed by atoms with Gasteiger partial charge in [0.1, 0.15) is 16.5 Å². The quantitative estimate of drug-likeness (QED) is 0.634. The number of halogens is 2. The van der Waals surface area contributed by atoms with Crippen molar-refractivity contribution in [3.63, 3.8) is 0 Å². The summed E-state index contributed by atoms with van der Waals surface area (Å²) in [7, 11) is 1.50. The van der Waals surface area contributed by atoms with Crippen LogP contribution in [0.4, 0.5) is 8.78 Å². The standard InChI is InChI=1S/C19H15F2NO3S/c1-22(10-12-4-2-3-5-15(12)21)18(23)11-25-19(24)17-9-13-8-14(20)6-7-16(13)26-17/h2-9H,10-11H2,1H3. The van der Waals surface area contributed by atoms with E-state index in [1.54, 1.807) is 24.3 Å². The molecule has 3 aromatic rings. The number of benzene rings is 2. The van der Waals surface area contributed by atoms with Crippen molar-refractivity contribution in [2.24, 2.45) is 0 Å². The zero-order valence-electron chi connectivity index (χ0n) is 13.9. The fourth-order valence-corrected chi connectivity index (χ4v) is 3.33. The molecule has 7 heteroatoms. The highest BCUT2D eigenvalue weighted by atomic mass is 32.1. The first-order valence-corrected chi connectivity index (χ1v) is 8.59. The molecule has 0 aliphatic rings. The van der Waals surface area contributed by atoms with Crippen molar-refractivity contribution >= 4 is 33.3 Å². The van der Waals surface area contributed by atoms with Crippen LogP contribution in [-0.4, -0.2) is 30.4 Å². The Bertz CT molecular complexity index is 970. The van der Waals surface area contributed by atoms with Gasteiger partial charge in [0.25, 0.3) is 5.91 Å². The molecule has 1 aromatic heterocycles. The van der Waals surface area contributed by atoms with E-state index in [0.717, 1.165) is 16.0 Å². The van der Waals surface area contributed by atoms with Crippen molar-refractivity contribution in [1.29, 1.82) is 0 Å². The molecule has 134 valence electrons. The van der Waals surface area contributed by atoms with Crippen molar-refractivity contribution in [2.45, 2.75) is 6.54 Å². The molecule has 1 amide bonds. The van der Waals surface area contributed by atoms with E-state index in [1.165, 1.54) is 36.2 Å². The van der Waals surface area contributed by atoms with Crippen LogP contribution in [-0.2, 0) is 16.1 Å². The van der Waals surface area contributed by atoms with Gasteiger partial charge in [0.2, 0.25) is 0 Å². The topological polar surface area (TPSA) is 46.6 Å². The lowest BCUT2D eigenvalue weighted by molar-refractivity contribution is -0.133. The maximum Gasteiger partial charge on any atom is 0.348 e. The lowest BCUT2D eigenvalue weighted by Gasteiger charge is -2.17. The maximum atomic E-state index is 13.6. The summed E-state index contributed by atoms with van der Waals surface area (Å²) >= 11 is 1.16. The van der Waals surface area contributed by atoms with Gasteiger partial charge in [-0.05, 0) is 35.7 Å². The highest BCUT2D eigenvalue weighted by Crippen LogP contribution is 2.26. The van der Waals surface area contributed by atoms with Gasteiger partial charge in [0, 0.05) is 23.9 Å². The van der Waals surface area contributed by atoms with Gasteiger partial charge in [-0.1, -0.05) is 18.2 Å². The predicted octanol–water partition coefficient (Wildman–Crippen LogP) is 3.99. The zero-order chi connectivity index (χ0) is 18.7. The van der Waals surface area contributed by atoms with Gasteiger partial charge in [0.15, 0.2) is 6.61 Å². The molecular weight excluding hydrogens is 360 g/mol. The summed E-state index contributed by atoms with van der Waals surface area (Å²) in [6.45, 7) is -0.377. The number of thiophene rings is 1. The van der Waals surface area contributed by atoms with Crippen molar-refractivity contribution < 1.29 is 23.1 Å². The van der Waals surface area contributed by atoms with Crippen molar-refractivity contribution in [3.8, 4) is 0 Å². The van der Waals surface area contributed by atoms with Gasteiger partial charge in [-0.15, -0.1) is 11.3 Å². The number of hydrogen-bond acceptors (Lipinski definition) is 4. The van der Waals surface area contributed by atoms with Crippen LogP contribution >= 0.6 is 11.3 Å². The molecule has 0 bridgehead atoms. The number of ether oxygens (including phenoxy) is 1. The number of carbonyl (C=O) groups excluding carboxylic acids is 2. The van der Waals surface area contributed by atoms with E-state index in [1.807, 2.05) is 0 Å². The van der Waals surface area contributed by atoms with Crippen LogP contribution in [0.5, 0.6) is 0 Å². The third-order valence-electron chi connectivity index (χ3n) is 3.80. The lowest BCUT2D eigenvalue weighted by atomic mass is 10.2. The van der Waals surface area contributed by atoms with E-state index in [-0.39, 0.29) is 17.2 Å². The number of carbonyl (C=O) groups is 2. The lowest BCUT2D eigenvalue weighted by Crippen LogP contribution is -2.31. The van der Waals surface area contributed by atoms with Crippen molar-refractivity contribution in [3.05, 3.63) is 70.6 Å². The van der Waals surface area contributed by atoms with E-state index < -0.39 is 24.3 Å². The smallest absolute Gasteiger partial charge is 0.348 e. The van der Waals surface area contributed by atoms with Crippen LogP contribution in [0.25, 0.3) is 10.1 Å². The Hall–Kier alpha value is -2.80. The molecule has 0 spiro atoms. The highest BCUT2D eigenvalue weighted by molar-refractivity contribution is 7.20. The molecule has 26 heavy (non-hydrogen) atoms. The predicted molar refractivity (Wildman–Crippen MR) is 94.9 cm³/mol. The fraction of sp³-hybridized carbons (Fsp3) is 0.158. The second-order valence-corrected chi connectivity index (χ2v) is 6.79. The summed E-state index contributed by atoms with van der Waals surface area (Å²) in [6.07, 6.45) is 0. The van der Waals surface area contributed by atoms with Gasteiger partial charge < -0.3 is 9.64 Å². The molecule has 0 fully saturated rings. The molecule has 0 N–H and O–H groups in total. The number of nitrogens with zero attached hydrogens (tertiary/aromatic N) is 1. The summed E-state index contributed by atoms with van der Waals surface area (Å²) in [6, 6.07) is 11.9. The largest absolute Gasteiger partial charge is 0.451 e. The van der Waals surface area contributed by atoms with E-state index in [0.29, 0.717) is 10.9 Å². The Labute approximate surface area is 152 Å². The Morgan fingerprint density at radius 1 is 1.12 bits per heavy atom. The fourth-order valence-electron chi connectivity index (χ4n) is 2.39. The first-order chi connectivity index (χ1) is 12.4. The Morgan fingerprint density at radius 3 is 2.65 bits per heavy atom. The number of rotatable bonds is 5. The normalized spacial score (nSPS) is 10.7. The number of amides is 1. The summed E-state index contributed by atoms with van der Waals surface area (Å²) in [4.78, 5) is 25.8. The molecule has 1 heterocycles. The third kappa shape index (κ3) is 4.05. The van der Waals surface area contributed by atoms with E-state index in [2.05, 4.69) is 0 Å². The SMILES string of the molecule is CN(Cc1ccccc1F)C(=O)COC(=O)c1cc2cc(F)ccc2s1. The first kappa shape index (κ1) is 18.0. The minimum absolute atomic E-state index is 0.0746. The molecule has 0 saturated carbocycles. The average molecular weight is 375 g/mol. The Balaban J connectivity index is 1.59. The van der Waals surface area contributed by atoms with E-state index in [9.17, 15) is 18.4 Å². The Morgan fingerprint density at radius 2 is 1.88 bits per heavy atom. The van der Waals surface area contributed by atoms with E-state index in [4.69, 9.17) is 4.74 Å². The molecule has 0 aliphatic carbocycles. The van der Waals surface area contributed by atoms with Crippen molar-refractivity contribution in [2.75, 3.05) is 13.7 Å². The van der Waals surface area contributed by atoms with E-state index >= 15 is 0 Å². The van der Waals surface area contributed by atoms with Crippen LogP contribution in [0, 0.1) is 11.6 Å². The Kier molecular flexibility index (Phi) is 5.27. The zero-order valence-corrected chi connectivity index (χ0v) is 14.7. The van der Waals surface area contributed by atoms with Crippen LogP contribution in [0.1, 0.15) is 15.2 Å². The highest BCUT2D eigenvalue weighted by Gasteiger charge is 2.17. The van der Waals surface area contributed by atoms with Crippen LogP contribution in [0.2, 0.25) is 0 Å². The molecule has 0 saturated heterocycles. The average Bonchev–Trinajstić information content (AvgIpc) is 3.04. The second-order valence-electron chi connectivity index (χ2n) is 5.71. The molecule has 0 aliphatic heterocycles. The van der Waals surface area contributed by atoms with Crippen LogP contribution in [0.15, 0.2) is 48.5 Å². The molecular formula is C19H15F2NO3S. The minimum Gasteiger partial charge on any atom is -0.451 e. The van der Waals surface area contributed by atoms with Crippen molar-refractivity contribution in [1.82, 2.24) is 4.90 Å². The summed E-state index contributed by atoms with van der Waals surface area (Å²) in [5.74, 6) is -1.89. The third-order valence-corrected chi connectivity index (χ3v) is 4.89. The molecule has 0 atom stereocenters. The number of fused-ring (bicyclic) bond motifs is 1. The molecule has 2 aromatic carbocycles. The number of hydrogen-bond donors (Lipinski definition) is 0. The van der Waals surface area contributed by atoms with Gasteiger partial charge in [-0.25, -0.2) is 13.6 Å². The number of likely N-dealkylation sites (N-methyl/N-ethyl adjacent to an activating group) is 1. The summed E-state index contributed by atoms with van der Waals surface area (Å²) < 4.78 is 32.6. The molecule has 0 radical (unpaired) electrons. The van der Waals surface area contributed by atoms with Gasteiger partial charge in [0.05, 0.1) is 0 Å². The summed E-state index contributed by atoms with van der Waals surface area (Å²) in [5.41, 5.74) is 0.376. The van der Waals surface area contributed by atoms with Crippen LogP contribution < -0.4 is 0 Å².